The molecule has 28 heavy (non-hydrogen) atoms. The predicted molar refractivity (Wildman–Crippen MR) is 109 cm³/mol. The molecule has 2 amide bonds. The number of anilines is 1. The van der Waals surface area contributed by atoms with Gasteiger partial charge in [-0.05, 0) is 55.0 Å². The summed E-state index contributed by atoms with van der Waals surface area (Å²) in [5, 5.41) is 0.579. The molecule has 2 aromatic rings. The molecular weight excluding hydrogens is 402 g/mol. The summed E-state index contributed by atoms with van der Waals surface area (Å²) in [6.45, 7) is 2.04. The summed E-state index contributed by atoms with van der Waals surface area (Å²) in [5.74, 6) is -0.198. The van der Waals surface area contributed by atoms with Gasteiger partial charge in [0, 0.05) is 48.0 Å². The molecule has 0 bridgehead atoms. The lowest BCUT2D eigenvalue weighted by atomic mass is 10.2. The number of benzene rings is 2. The molecule has 1 unspecified atom stereocenters. The van der Waals surface area contributed by atoms with E-state index in [4.69, 9.17) is 16.2 Å². The Balaban J connectivity index is 1.62. The van der Waals surface area contributed by atoms with E-state index < -0.39 is 11.3 Å². The van der Waals surface area contributed by atoms with E-state index in [9.17, 15) is 13.8 Å². The molecule has 1 atom stereocenters. The van der Waals surface area contributed by atoms with Gasteiger partial charge in [0.25, 0.3) is 23.1 Å². The molecule has 1 aliphatic heterocycles. The maximum Gasteiger partial charge on any atom is 0.259 e. The van der Waals surface area contributed by atoms with Crippen LogP contribution in [0.4, 0.5) is 5.69 Å². The first-order chi connectivity index (χ1) is 13.4. The summed E-state index contributed by atoms with van der Waals surface area (Å²) in [7, 11) is 0. The van der Waals surface area contributed by atoms with E-state index in [0.29, 0.717) is 54.4 Å². The Morgan fingerprint density at radius 2 is 1.32 bits per heavy atom. The highest BCUT2D eigenvalue weighted by Gasteiger charge is 2.23. The van der Waals surface area contributed by atoms with E-state index >= 15 is 0 Å². The monoisotopic (exact) mass is 421 g/mol. The van der Waals surface area contributed by atoms with Crippen molar-refractivity contribution in [1.29, 1.82) is 0 Å². The first-order valence-corrected chi connectivity index (χ1v) is 10.2. The van der Waals surface area contributed by atoms with Gasteiger partial charge in [0.05, 0.1) is 0 Å². The summed E-state index contributed by atoms with van der Waals surface area (Å²) in [6, 6.07) is 13.2. The van der Waals surface area contributed by atoms with Crippen LogP contribution in [0.25, 0.3) is 0 Å². The highest BCUT2D eigenvalue weighted by Crippen LogP contribution is 2.16. The fraction of sp³-hybridized carbons (Fsp3) is 0.263. The third kappa shape index (κ3) is 5.09. The van der Waals surface area contributed by atoms with E-state index in [1.54, 1.807) is 58.3 Å². The molecule has 0 saturated carbocycles. The van der Waals surface area contributed by atoms with Crippen LogP contribution < -0.4 is 4.72 Å². The highest BCUT2D eigenvalue weighted by molar-refractivity contribution is 7.80. The van der Waals surface area contributed by atoms with E-state index in [0.717, 1.165) is 0 Å². The quantitative estimate of drug-likeness (QED) is 0.743. The number of halogens is 1. The van der Waals surface area contributed by atoms with Crippen molar-refractivity contribution in [3.05, 3.63) is 64.7 Å². The second-order valence-corrected chi connectivity index (χ2v) is 7.51. The lowest BCUT2D eigenvalue weighted by Crippen LogP contribution is -2.37. The lowest BCUT2D eigenvalue weighted by Gasteiger charge is -2.22. The fourth-order valence-corrected chi connectivity index (χ4v) is 3.53. The second kappa shape index (κ2) is 9.18. The summed E-state index contributed by atoms with van der Waals surface area (Å²) >= 11 is 3.72. The molecular formula is C19H20ClN3O4S. The van der Waals surface area contributed by atoms with E-state index in [-0.39, 0.29) is 11.8 Å². The van der Waals surface area contributed by atoms with Gasteiger partial charge in [-0.1, -0.05) is 11.6 Å². The Kier molecular flexibility index (Phi) is 6.66. The molecule has 9 heteroatoms. The van der Waals surface area contributed by atoms with Crippen molar-refractivity contribution in [1.82, 2.24) is 9.80 Å². The zero-order valence-electron chi connectivity index (χ0n) is 15.0. The van der Waals surface area contributed by atoms with Gasteiger partial charge >= 0.3 is 0 Å². The van der Waals surface area contributed by atoms with Crippen LogP contribution in [-0.4, -0.2) is 56.6 Å². The van der Waals surface area contributed by atoms with Crippen molar-refractivity contribution in [2.45, 2.75) is 6.42 Å². The number of hydrogen-bond donors (Lipinski definition) is 2. The lowest BCUT2D eigenvalue weighted by molar-refractivity contribution is 0.0719. The first kappa shape index (κ1) is 20.3. The number of amides is 2. The van der Waals surface area contributed by atoms with Crippen molar-refractivity contribution in [3.63, 3.8) is 0 Å². The van der Waals surface area contributed by atoms with E-state index in [1.165, 1.54) is 0 Å². The molecule has 2 aromatic carbocycles. The molecule has 7 nitrogen and oxygen atoms in total. The molecule has 3 rings (SSSR count). The number of carbonyl (C=O) groups excluding carboxylic acids is 2. The van der Waals surface area contributed by atoms with Crippen LogP contribution in [0.2, 0.25) is 5.02 Å². The summed E-state index contributed by atoms with van der Waals surface area (Å²) in [5.41, 5.74) is 1.52. The number of hydrogen-bond acceptors (Lipinski definition) is 3. The van der Waals surface area contributed by atoms with Crippen LogP contribution in [0, 0.1) is 0 Å². The van der Waals surface area contributed by atoms with Crippen LogP contribution in [0.3, 0.4) is 0 Å². The zero-order valence-corrected chi connectivity index (χ0v) is 16.6. The van der Waals surface area contributed by atoms with Crippen LogP contribution in [0.15, 0.2) is 48.5 Å². The van der Waals surface area contributed by atoms with Crippen molar-refractivity contribution in [2.24, 2.45) is 0 Å². The number of nitrogens with zero attached hydrogens (tertiary/aromatic N) is 2. The van der Waals surface area contributed by atoms with Gasteiger partial charge in [0.1, 0.15) is 0 Å². The Labute approximate surface area is 170 Å². The van der Waals surface area contributed by atoms with Crippen LogP contribution in [-0.2, 0) is 11.3 Å². The number of nitrogens with one attached hydrogen (secondary N) is 1. The average molecular weight is 422 g/mol. The third-order valence-electron chi connectivity index (χ3n) is 4.50. The van der Waals surface area contributed by atoms with Gasteiger partial charge in [-0.25, -0.2) is 4.21 Å². The van der Waals surface area contributed by atoms with Crippen LogP contribution >= 0.6 is 11.6 Å². The molecule has 1 fully saturated rings. The van der Waals surface area contributed by atoms with Gasteiger partial charge in [0.15, 0.2) is 0 Å². The molecule has 0 spiro atoms. The van der Waals surface area contributed by atoms with Crippen LogP contribution in [0.1, 0.15) is 27.1 Å². The molecule has 1 heterocycles. The standard InChI is InChI=1S/C19H20ClN3O4S/c20-16-6-2-14(3-7-16)18(24)22-10-1-11-23(13-12-22)19(25)15-4-8-17(9-5-15)21-28(26)27/h2-9,21H,1,10-13H2,(H,26,27). The van der Waals surface area contributed by atoms with E-state index in [1.807, 2.05) is 0 Å². The molecule has 1 saturated heterocycles. The van der Waals surface area contributed by atoms with E-state index in [2.05, 4.69) is 4.72 Å². The van der Waals surface area contributed by atoms with Gasteiger partial charge in [0.2, 0.25) is 0 Å². The summed E-state index contributed by atoms with van der Waals surface area (Å²) in [4.78, 5) is 28.9. The number of carbonyl (C=O) groups is 2. The Morgan fingerprint density at radius 1 is 0.857 bits per heavy atom. The Hall–Kier alpha value is -2.42. The minimum Gasteiger partial charge on any atom is -0.337 e. The van der Waals surface area contributed by atoms with Crippen molar-refractivity contribution in [2.75, 3.05) is 30.9 Å². The maximum absolute atomic E-state index is 12.7. The number of rotatable bonds is 4. The van der Waals surface area contributed by atoms with Gasteiger partial charge in [-0.3, -0.25) is 18.9 Å². The minimum atomic E-state index is -2.16. The third-order valence-corrected chi connectivity index (χ3v) is 5.16. The fourth-order valence-electron chi connectivity index (χ4n) is 3.06. The van der Waals surface area contributed by atoms with Crippen molar-refractivity contribution in [3.8, 4) is 0 Å². The second-order valence-electron chi connectivity index (χ2n) is 6.37. The smallest absolute Gasteiger partial charge is 0.259 e. The minimum absolute atomic E-state index is 0.0709. The zero-order chi connectivity index (χ0) is 20.1. The molecule has 1 aliphatic rings. The molecule has 148 valence electrons. The largest absolute Gasteiger partial charge is 0.337 e. The summed E-state index contributed by atoms with van der Waals surface area (Å²) < 4.78 is 21.9. The van der Waals surface area contributed by atoms with Crippen molar-refractivity contribution < 1.29 is 18.4 Å². The molecule has 0 aromatic heterocycles. The van der Waals surface area contributed by atoms with Crippen molar-refractivity contribution >= 4 is 40.4 Å². The van der Waals surface area contributed by atoms with Gasteiger partial charge < -0.3 is 9.80 Å². The van der Waals surface area contributed by atoms with Gasteiger partial charge in [-0.2, -0.15) is 0 Å². The van der Waals surface area contributed by atoms with Gasteiger partial charge in [-0.15, -0.1) is 0 Å². The predicted octanol–water partition coefficient (Wildman–Crippen LogP) is 2.88. The van der Waals surface area contributed by atoms with Crippen LogP contribution in [0.5, 0.6) is 0 Å². The average Bonchev–Trinajstić information content (AvgIpc) is 2.94. The molecule has 0 radical (unpaired) electrons. The Morgan fingerprint density at radius 3 is 1.79 bits per heavy atom. The topological polar surface area (TPSA) is 90.0 Å². The maximum atomic E-state index is 12.7. The normalized spacial score (nSPS) is 15.6. The highest BCUT2D eigenvalue weighted by atomic mass is 35.5. The first-order valence-electron chi connectivity index (χ1n) is 8.76. The summed E-state index contributed by atoms with van der Waals surface area (Å²) in [6.07, 6.45) is 0.689. The molecule has 2 N–H and O–H groups in total. The molecule has 0 aliphatic carbocycles. The SMILES string of the molecule is O=C(c1ccc(Cl)cc1)N1CCCN(C(=O)c2ccc(NS(=O)O)cc2)CC1. The Bertz CT molecular complexity index is 874.